The Bertz CT molecular complexity index is 3260. The molecule has 0 saturated carbocycles. The molecule has 0 aliphatic heterocycles. The van der Waals surface area contributed by atoms with Gasteiger partial charge in [-0.15, -0.1) is 23.3 Å². The van der Waals surface area contributed by atoms with E-state index < -0.39 is 19.6 Å². The van der Waals surface area contributed by atoms with E-state index in [-0.39, 0.29) is 31.9 Å². The Morgan fingerprint density at radius 3 is 2.09 bits per heavy atom. The topological polar surface area (TPSA) is 69.6 Å². The van der Waals surface area contributed by atoms with Crippen LogP contribution in [0.25, 0.3) is 72.6 Å². The number of imidazole rings is 1. The van der Waals surface area contributed by atoms with Crippen molar-refractivity contribution in [3.63, 3.8) is 0 Å². The molecule has 6 aromatic carbocycles. The molecular weight excluding hydrogens is 1020 g/mol. The van der Waals surface area contributed by atoms with Gasteiger partial charge in [0.1, 0.15) is 5.58 Å². The molecule has 0 aliphatic carbocycles. The van der Waals surface area contributed by atoms with Gasteiger partial charge in [0.05, 0.1) is 23.1 Å². The Morgan fingerprint density at radius 1 is 0.719 bits per heavy atom. The number of rotatable bonds is 9. The summed E-state index contributed by atoms with van der Waals surface area (Å²) in [7, 11) is 0. The molecule has 64 heavy (non-hydrogen) atoms. The molecule has 0 fully saturated rings. The van der Waals surface area contributed by atoms with Gasteiger partial charge in [-0.05, 0) is 58.4 Å². The predicted molar refractivity (Wildman–Crippen MR) is 263 cm³/mol. The van der Waals surface area contributed by atoms with Crippen molar-refractivity contribution in [2.24, 2.45) is 0 Å². The van der Waals surface area contributed by atoms with E-state index in [1.165, 1.54) is 22.3 Å². The van der Waals surface area contributed by atoms with Crippen molar-refractivity contribution in [2.45, 2.75) is 63.2 Å². The summed E-state index contributed by atoms with van der Waals surface area (Å²) in [5.41, 5.74) is 13.1. The summed E-state index contributed by atoms with van der Waals surface area (Å²) in [6.07, 6.45) is 2.08. The number of fused-ring (bicyclic) bond motifs is 4. The molecule has 0 saturated heterocycles. The normalized spacial score (nSPS) is 12.3. The molecular formula is C56H51GeIrN5O-2. The van der Waals surface area contributed by atoms with Crippen molar-refractivity contribution in [3.8, 4) is 39.5 Å². The van der Waals surface area contributed by atoms with Crippen LogP contribution in [0.2, 0.25) is 17.3 Å². The first-order valence-electron chi connectivity index (χ1n) is 22.6. The third-order valence-corrected chi connectivity index (χ3v) is 15.6. The zero-order chi connectivity index (χ0) is 45.5. The van der Waals surface area contributed by atoms with Crippen molar-refractivity contribution in [2.75, 3.05) is 0 Å². The standard InChI is InChI=1S/C35H29N4O.C21H22GeN.Ir/c1-21(2)28-19-24(23-11-6-5-7-12-23)20-29(22(3)4)32(28)39-30-17-18-36-38-34(30)37-35(39)27-15-10-14-26-25-13-8-9-16-31(25)40-33(26)27;1-22(2,3)20-16-23-21(18-12-8-5-9-13-18)15-19(20)14-17-10-6-4-7-11-17;/h5-14,16-22H,1-4H3;4-12,15-16H,14H2,1-3H3;/q2*-1;/i;14D2;. The maximum Gasteiger partial charge on any atom is 0 e. The monoisotopic (exact) mass is 1080 g/mol. The minimum absolute atomic E-state index is 0. The summed E-state index contributed by atoms with van der Waals surface area (Å²) < 4.78 is 27.5. The van der Waals surface area contributed by atoms with E-state index in [2.05, 4.69) is 131 Å². The fourth-order valence-electron chi connectivity index (χ4n) is 8.24. The number of pyridine rings is 1. The molecule has 0 unspecified atom stereocenters. The first kappa shape index (κ1) is 42.0. The van der Waals surface area contributed by atoms with Crippen molar-refractivity contribution >= 4 is 50.8 Å². The summed E-state index contributed by atoms with van der Waals surface area (Å²) in [6, 6.07) is 55.1. The van der Waals surface area contributed by atoms with Gasteiger partial charge >= 0.3 is 144 Å². The SMILES string of the molecule is CC(C)c1cc(-c2ccccc2)cc(C(C)C)c1-n1c(-c2[c-]ccc3c2oc2ccccc23)nc2nnccc21.[2H]C([2H])(c1ccccc1)c1cc(-c2[c-]cccc2)nc[c]1[Ge]([CH3])([CH3])[CH3].[Ir]. The van der Waals surface area contributed by atoms with E-state index in [0.29, 0.717) is 11.2 Å². The largest absolute Gasteiger partial charge is 0 e. The Kier molecular flexibility index (Phi) is 12.5. The van der Waals surface area contributed by atoms with E-state index in [4.69, 9.17) is 12.1 Å². The van der Waals surface area contributed by atoms with Gasteiger partial charge in [0.15, 0.2) is 5.65 Å². The second-order valence-corrected chi connectivity index (χ2v) is 28.1. The quantitative estimate of drug-likeness (QED) is 0.106. The van der Waals surface area contributed by atoms with Gasteiger partial charge in [-0.1, -0.05) is 87.2 Å². The minimum atomic E-state index is -2.30. The van der Waals surface area contributed by atoms with Crippen LogP contribution in [0.15, 0.2) is 162 Å². The van der Waals surface area contributed by atoms with Gasteiger partial charge in [0.25, 0.3) is 0 Å². The van der Waals surface area contributed by atoms with Gasteiger partial charge in [-0.3, -0.25) is 4.98 Å². The Labute approximate surface area is 395 Å². The third kappa shape index (κ3) is 9.03. The maximum absolute atomic E-state index is 8.85. The zero-order valence-electron chi connectivity index (χ0n) is 39.1. The molecule has 0 spiro atoms. The number of furan rings is 1. The fraction of sp³-hybridized carbons (Fsp3) is 0.179. The average molecular weight is 1080 g/mol. The summed E-state index contributed by atoms with van der Waals surface area (Å²) in [5, 5.41) is 10.7. The van der Waals surface area contributed by atoms with Crippen LogP contribution < -0.4 is 4.40 Å². The van der Waals surface area contributed by atoms with Gasteiger partial charge in [-0.25, -0.2) is 0 Å². The van der Waals surface area contributed by atoms with Crippen LogP contribution in [-0.2, 0) is 26.5 Å². The molecule has 1 radical (unpaired) electrons. The predicted octanol–water partition coefficient (Wildman–Crippen LogP) is 13.8. The van der Waals surface area contributed by atoms with Crippen LogP contribution in [0.3, 0.4) is 0 Å². The molecule has 8 heteroatoms. The smallest absolute Gasteiger partial charge is 0 e. The van der Waals surface area contributed by atoms with Crippen molar-refractivity contribution in [3.05, 3.63) is 192 Å². The number of hydrogen-bond donors (Lipinski definition) is 0. The third-order valence-electron chi connectivity index (χ3n) is 11.4. The number of hydrogen-bond acceptors (Lipinski definition) is 5. The summed E-state index contributed by atoms with van der Waals surface area (Å²) in [4.78, 5) is 9.69. The van der Waals surface area contributed by atoms with Gasteiger partial charge in [0, 0.05) is 31.2 Å². The number of nitrogens with zero attached hydrogens (tertiary/aromatic N) is 5. The van der Waals surface area contributed by atoms with E-state index in [9.17, 15) is 0 Å². The summed E-state index contributed by atoms with van der Waals surface area (Å²) in [5.74, 6) is 8.10. The second kappa shape index (κ2) is 19.0. The molecule has 0 bridgehead atoms. The summed E-state index contributed by atoms with van der Waals surface area (Å²) >= 11 is -2.30. The van der Waals surface area contributed by atoms with Crippen LogP contribution in [0.4, 0.5) is 0 Å². The zero-order valence-corrected chi connectivity index (χ0v) is 41.6. The van der Waals surface area contributed by atoms with Crippen LogP contribution >= 0.6 is 0 Å². The number of aromatic nitrogens is 5. The van der Waals surface area contributed by atoms with Gasteiger partial charge in [0.2, 0.25) is 0 Å². The maximum atomic E-state index is 8.85. The Balaban J connectivity index is 0.000000197. The van der Waals surface area contributed by atoms with E-state index in [1.54, 1.807) is 6.20 Å². The molecule has 0 N–H and O–H groups in total. The Hall–Kier alpha value is -5.99. The molecule has 321 valence electrons. The molecule has 0 atom stereocenters. The Morgan fingerprint density at radius 2 is 1.41 bits per heavy atom. The molecule has 0 amide bonds. The number of benzene rings is 6. The van der Waals surface area contributed by atoms with Crippen molar-refractivity contribution in [1.82, 2.24) is 24.7 Å². The average Bonchev–Trinajstić information content (AvgIpc) is 3.90. The second-order valence-electron chi connectivity index (χ2n) is 17.5. The first-order valence-corrected chi connectivity index (χ1v) is 28.9. The number of para-hydroxylation sites is 1. The molecule has 0 aliphatic rings. The van der Waals surface area contributed by atoms with Crippen LogP contribution in [0, 0.1) is 12.1 Å². The molecule has 4 aromatic heterocycles. The molecule has 10 aromatic rings. The summed E-state index contributed by atoms with van der Waals surface area (Å²) in [6.45, 7) is 9.01. The molecule has 10 rings (SSSR count). The van der Waals surface area contributed by atoms with Crippen LogP contribution in [-0.4, -0.2) is 38.0 Å². The van der Waals surface area contributed by atoms with Crippen molar-refractivity contribution < 1.29 is 27.3 Å². The van der Waals surface area contributed by atoms with Crippen molar-refractivity contribution in [1.29, 1.82) is 0 Å². The first-order chi connectivity index (χ1) is 31.3. The van der Waals surface area contributed by atoms with Gasteiger partial charge < -0.3 is 8.98 Å². The molecule has 6 nitrogen and oxygen atoms in total. The molecule has 4 heterocycles. The van der Waals surface area contributed by atoms with E-state index >= 15 is 0 Å². The van der Waals surface area contributed by atoms with Gasteiger partial charge in [-0.2, -0.15) is 5.10 Å². The van der Waals surface area contributed by atoms with E-state index in [1.807, 2.05) is 97.2 Å². The fourth-order valence-corrected chi connectivity index (χ4v) is 11.2. The van der Waals surface area contributed by atoms with Crippen LogP contribution in [0.1, 0.15) is 64.5 Å². The van der Waals surface area contributed by atoms with Crippen LogP contribution in [0.5, 0.6) is 0 Å². The minimum Gasteiger partial charge on any atom is 0 e. The van der Waals surface area contributed by atoms with E-state index in [0.717, 1.165) is 65.7 Å².